The number of halogens is 4. The lowest BCUT2D eigenvalue weighted by atomic mass is 10.1. The van der Waals surface area contributed by atoms with E-state index >= 15 is 0 Å². The lowest BCUT2D eigenvalue weighted by Crippen LogP contribution is -2.31. The summed E-state index contributed by atoms with van der Waals surface area (Å²) < 4.78 is 56.6. The van der Waals surface area contributed by atoms with E-state index in [0.29, 0.717) is 44.0 Å². The number of benzene rings is 1. The van der Waals surface area contributed by atoms with E-state index in [1.165, 1.54) is 21.8 Å². The molecule has 9 nitrogen and oxygen atoms in total. The highest BCUT2D eigenvalue weighted by Gasteiger charge is 2.34. The van der Waals surface area contributed by atoms with Gasteiger partial charge in [-0.1, -0.05) is 5.92 Å². The Morgan fingerprint density at radius 3 is 2.66 bits per heavy atom. The number of carbonyl (C=O) groups is 2. The number of nitrogens with zero attached hydrogens (tertiary/aromatic N) is 5. The van der Waals surface area contributed by atoms with Gasteiger partial charge in [0, 0.05) is 24.8 Å². The molecular formula is C25H25F4N7O2. The summed E-state index contributed by atoms with van der Waals surface area (Å²) in [7, 11) is 0. The minimum atomic E-state index is -4.67. The van der Waals surface area contributed by atoms with Crippen LogP contribution in [0.2, 0.25) is 0 Å². The Morgan fingerprint density at radius 1 is 1.21 bits per heavy atom. The number of rotatable bonds is 5. The van der Waals surface area contributed by atoms with E-state index in [0.717, 1.165) is 12.1 Å². The van der Waals surface area contributed by atoms with Crippen molar-refractivity contribution in [1.82, 2.24) is 24.5 Å². The first-order valence-electron chi connectivity index (χ1n) is 11.8. The predicted octanol–water partition coefficient (Wildman–Crippen LogP) is 3.21. The second kappa shape index (κ2) is 10.6. The number of nitrogens with two attached hydrogens (primary N) is 2. The van der Waals surface area contributed by atoms with E-state index in [9.17, 15) is 27.2 Å². The number of likely N-dealkylation sites (tertiary alicyclic amines) is 1. The Kier molecular flexibility index (Phi) is 7.43. The number of alkyl halides is 3. The second-order valence-electron chi connectivity index (χ2n) is 8.90. The van der Waals surface area contributed by atoms with Crippen molar-refractivity contribution >= 4 is 17.6 Å². The molecule has 1 aromatic carbocycles. The predicted molar refractivity (Wildman–Crippen MR) is 130 cm³/mol. The first-order chi connectivity index (χ1) is 18.0. The Morgan fingerprint density at radius 2 is 1.97 bits per heavy atom. The standard InChI is InChI=1S/C25H25F4N7O2/c1-2-4-20(37)34-9-3-5-18(8-10-34)36-23(30)21(24(31)38)22(33-36)16-12-32-35(14-16)13-15-11-17(26)6-7-19(15)25(27,28)29/h6-7,11-12,14,18H,3,5,8-10,13,30H2,1H3,(H2,31,38)/t18-/m0/s1. The van der Waals surface area contributed by atoms with Crippen molar-refractivity contribution in [3.05, 3.63) is 53.1 Å². The number of amides is 2. The molecule has 0 spiro atoms. The number of carbonyl (C=O) groups excluding carboxylic acids is 2. The number of aromatic nitrogens is 4. The molecule has 38 heavy (non-hydrogen) atoms. The summed E-state index contributed by atoms with van der Waals surface area (Å²) in [6, 6.07) is 2.00. The maximum Gasteiger partial charge on any atom is 0.416 e. The Labute approximate surface area is 215 Å². The summed E-state index contributed by atoms with van der Waals surface area (Å²) in [5, 5.41) is 8.61. The topological polar surface area (TPSA) is 125 Å². The first-order valence-corrected chi connectivity index (χ1v) is 11.8. The van der Waals surface area contributed by atoms with Crippen molar-refractivity contribution in [2.24, 2.45) is 5.73 Å². The first kappa shape index (κ1) is 26.7. The van der Waals surface area contributed by atoms with Gasteiger partial charge in [0.15, 0.2) is 0 Å². The van der Waals surface area contributed by atoms with Crippen LogP contribution in [-0.2, 0) is 17.5 Å². The van der Waals surface area contributed by atoms with E-state index in [-0.39, 0.29) is 41.1 Å². The van der Waals surface area contributed by atoms with Crippen LogP contribution in [0.15, 0.2) is 30.6 Å². The zero-order valence-corrected chi connectivity index (χ0v) is 20.4. The summed E-state index contributed by atoms with van der Waals surface area (Å²) in [4.78, 5) is 26.1. The minimum Gasteiger partial charge on any atom is -0.383 e. The molecule has 4 N–H and O–H groups in total. The molecule has 1 atom stereocenters. The number of anilines is 1. The smallest absolute Gasteiger partial charge is 0.383 e. The van der Waals surface area contributed by atoms with Crippen molar-refractivity contribution in [2.45, 2.75) is 44.9 Å². The fourth-order valence-electron chi connectivity index (χ4n) is 4.60. The number of hydrogen-bond donors (Lipinski definition) is 2. The molecule has 13 heteroatoms. The van der Waals surface area contributed by atoms with Gasteiger partial charge in [-0.05, 0) is 55.9 Å². The van der Waals surface area contributed by atoms with Crippen LogP contribution in [0, 0.1) is 17.7 Å². The molecule has 0 bridgehead atoms. The molecule has 2 amide bonds. The summed E-state index contributed by atoms with van der Waals surface area (Å²) in [5.41, 5.74) is 11.0. The lowest BCUT2D eigenvalue weighted by Gasteiger charge is -2.18. The van der Waals surface area contributed by atoms with Crippen LogP contribution in [0.5, 0.6) is 0 Å². The molecule has 4 rings (SSSR count). The molecule has 0 saturated carbocycles. The molecule has 2 aromatic heterocycles. The zero-order valence-electron chi connectivity index (χ0n) is 20.4. The molecule has 0 radical (unpaired) electrons. The van der Waals surface area contributed by atoms with E-state index in [1.807, 2.05) is 0 Å². The van der Waals surface area contributed by atoms with Crippen molar-refractivity contribution < 1.29 is 27.2 Å². The molecule has 1 saturated heterocycles. The van der Waals surface area contributed by atoms with Crippen LogP contribution < -0.4 is 11.5 Å². The van der Waals surface area contributed by atoms with Gasteiger partial charge in [0.25, 0.3) is 11.8 Å². The molecule has 3 aromatic rings. The molecule has 1 aliphatic heterocycles. The largest absolute Gasteiger partial charge is 0.416 e. The SMILES string of the molecule is CC#CC(=O)N1CCC[C@H](n2nc(-c3cnn(Cc4cc(F)ccc4C(F)(F)F)c3)c(C(N)=O)c2N)CC1. The van der Waals surface area contributed by atoms with Crippen molar-refractivity contribution in [3.8, 4) is 23.1 Å². The fourth-order valence-corrected chi connectivity index (χ4v) is 4.60. The van der Waals surface area contributed by atoms with Crippen molar-refractivity contribution in [1.29, 1.82) is 0 Å². The van der Waals surface area contributed by atoms with Crippen LogP contribution in [0.3, 0.4) is 0 Å². The van der Waals surface area contributed by atoms with E-state index in [1.54, 1.807) is 11.8 Å². The van der Waals surface area contributed by atoms with Gasteiger partial charge in [0.1, 0.15) is 22.9 Å². The Hall–Kier alpha value is -4.34. The third kappa shape index (κ3) is 5.49. The summed E-state index contributed by atoms with van der Waals surface area (Å²) in [5.74, 6) is 3.27. The molecular weight excluding hydrogens is 506 g/mol. The maximum atomic E-state index is 13.7. The fraction of sp³-hybridized carbons (Fsp3) is 0.360. The number of nitrogen functional groups attached to an aromatic ring is 1. The monoisotopic (exact) mass is 531 g/mol. The van der Waals surface area contributed by atoms with Gasteiger partial charge in [-0.15, -0.1) is 0 Å². The number of primary amides is 1. The van der Waals surface area contributed by atoms with Crippen LogP contribution >= 0.6 is 0 Å². The van der Waals surface area contributed by atoms with Gasteiger partial charge in [0.05, 0.1) is 24.3 Å². The van der Waals surface area contributed by atoms with Gasteiger partial charge in [0.2, 0.25) is 0 Å². The quantitative estimate of drug-likeness (QED) is 0.386. The summed E-state index contributed by atoms with van der Waals surface area (Å²) >= 11 is 0. The van der Waals surface area contributed by atoms with Crippen LogP contribution in [0.4, 0.5) is 23.4 Å². The highest BCUT2D eigenvalue weighted by molar-refractivity contribution is 6.03. The van der Waals surface area contributed by atoms with E-state index < -0.39 is 23.5 Å². The number of hydrogen-bond acceptors (Lipinski definition) is 5. The maximum absolute atomic E-state index is 13.7. The lowest BCUT2D eigenvalue weighted by molar-refractivity contribution is -0.138. The zero-order chi connectivity index (χ0) is 27.6. The molecule has 0 aliphatic carbocycles. The van der Waals surface area contributed by atoms with Crippen LogP contribution in [0.1, 0.15) is 53.7 Å². The second-order valence-corrected chi connectivity index (χ2v) is 8.90. The van der Waals surface area contributed by atoms with Crippen molar-refractivity contribution in [2.75, 3.05) is 18.8 Å². The average molecular weight is 532 g/mol. The van der Waals surface area contributed by atoms with Gasteiger partial charge in [-0.2, -0.15) is 23.4 Å². The van der Waals surface area contributed by atoms with Crippen LogP contribution in [0.25, 0.3) is 11.3 Å². The Balaban J connectivity index is 1.63. The van der Waals surface area contributed by atoms with Crippen LogP contribution in [-0.4, -0.2) is 49.4 Å². The highest BCUT2D eigenvalue weighted by Crippen LogP contribution is 2.34. The van der Waals surface area contributed by atoms with Gasteiger partial charge >= 0.3 is 6.18 Å². The summed E-state index contributed by atoms with van der Waals surface area (Å²) in [6.07, 6.45) is -0.156. The molecule has 0 unspecified atom stereocenters. The average Bonchev–Trinajstić information content (AvgIpc) is 3.34. The molecule has 1 fully saturated rings. The highest BCUT2D eigenvalue weighted by atomic mass is 19.4. The Bertz CT molecular complexity index is 1430. The third-order valence-corrected chi connectivity index (χ3v) is 6.37. The minimum absolute atomic E-state index is 0.0414. The molecule has 200 valence electrons. The molecule has 1 aliphatic rings. The third-order valence-electron chi connectivity index (χ3n) is 6.37. The normalized spacial score (nSPS) is 16.0. The van der Waals surface area contributed by atoms with Gasteiger partial charge < -0.3 is 16.4 Å². The van der Waals surface area contributed by atoms with Crippen molar-refractivity contribution in [3.63, 3.8) is 0 Å². The van der Waals surface area contributed by atoms with E-state index in [4.69, 9.17) is 11.5 Å². The van der Waals surface area contributed by atoms with Gasteiger partial charge in [-0.3, -0.25) is 14.3 Å². The molecule has 3 heterocycles. The summed E-state index contributed by atoms with van der Waals surface area (Å²) in [6.45, 7) is 2.16. The van der Waals surface area contributed by atoms with Gasteiger partial charge in [-0.25, -0.2) is 9.07 Å². The van der Waals surface area contributed by atoms with E-state index in [2.05, 4.69) is 22.0 Å².